The fourth-order valence-corrected chi connectivity index (χ4v) is 3.03. The summed E-state index contributed by atoms with van der Waals surface area (Å²) in [5.74, 6) is 0.632. The molecule has 0 aromatic carbocycles. The van der Waals surface area contributed by atoms with Crippen LogP contribution in [-0.4, -0.2) is 47.7 Å². The second-order valence-electron chi connectivity index (χ2n) is 7.83. The minimum Gasteiger partial charge on any atom is -0.394 e. The Kier molecular flexibility index (Phi) is 5.35. The lowest BCUT2D eigenvalue weighted by Gasteiger charge is -2.24. The molecular formula is C22H23N7O2. The van der Waals surface area contributed by atoms with Crippen molar-refractivity contribution < 1.29 is 9.90 Å². The summed E-state index contributed by atoms with van der Waals surface area (Å²) in [6.07, 6.45) is 4.89. The summed E-state index contributed by atoms with van der Waals surface area (Å²) >= 11 is 0. The fourth-order valence-electron chi connectivity index (χ4n) is 3.03. The summed E-state index contributed by atoms with van der Waals surface area (Å²) in [4.78, 5) is 26.1. The fraction of sp³-hybridized carbons (Fsp3) is 0.227. The predicted molar refractivity (Wildman–Crippen MR) is 117 cm³/mol. The first-order valence-corrected chi connectivity index (χ1v) is 9.80. The molecule has 0 aliphatic heterocycles. The van der Waals surface area contributed by atoms with Gasteiger partial charge < -0.3 is 15.7 Å². The molecule has 0 aliphatic rings. The molecule has 31 heavy (non-hydrogen) atoms. The number of hydrogen-bond acceptors (Lipinski definition) is 7. The molecule has 4 aromatic rings. The van der Waals surface area contributed by atoms with Gasteiger partial charge in [0, 0.05) is 24.3 Å². The van der Waals surface area contributed by atoms with E-state index in [1.54, 1.807) is 30.6 Å². The van der Waals surface area contributed by atoms with Crippen LogP contribution in [0.1, 0.15) is 29.9 Å². The highest BCUT2D eigenvalue weighted by molar-refractivity contribution is 6.00. The number of carbonyl (C=O) groups excluding carboxylic acids is 1. The van der Waals surface area contributed by atoms with Gasteiger partial charge in [-0.3, -0.25) is 9.78 Å². The molecule has 0 saturated heterocycles. The Hall–Kier alpha value is -3.85. The van der Waals surface area contributed by atoms with Crippen molar-refractivity contribution in [3.05, 3.63) is 66.2 Å². The Labute approximate surface area is 179 Å². The number of nitrogens with zero attached hydrogens (tertiary/aromatic N) is 5. The molecule has 4 aromatic heterocycles. The average molecular weight is 417 g/mol. The number of aryl methyl sites for hydroxylation is 1. The highest BCUT2D eigenvalue weighted by Gasteiger charge is 2.22. The van der Waals surface area contributed by atoms with Crippen LogP contribution in [0.5, 0.6) is 0 Å². The number of fused-ring (bicyclic) bond motifs is 1. The molecule has 4 rings (SSSR count). The molecule has 3 N–H and O–H groups in total. The van der Waals surface area contributed by atoms with E-state index in [0.717, 1.165) is 11.2 Å². The summed E-state index contributed by atoms with van der Waals surface area (Å²) in [5, 5.41) is 20.1. The standard InChI is InChI=1S/C22H23N7O2/c1-14-6-4-7-17(24-14)19-26-20(18-8-5-11-29(18)28-19)25-16-9-10-23-12-15(16)21(31)27-22(2,3)13-30/h4-12,30H,13H2,1-3H3,(H,27,31)(H,23,25,26,28). The maximum Gasteiger partial charge on any atom is 0.255 e. The Morgan fingerprint density at radius 1 is 1.16 bits per heavy atom. The predicted octanol–water partition coefficient (Wildman–Crippen LogP) is 2.74. The van der Waals surface area contributed by atoms with Gasteiger partial charge in [-0.25, -0.2) is 14.5 Å². The van der Waals surface area contributed by atoms with Crippen LogP contribution < -0.4 is 10.6 Å². The summed E-state index contributed by atoms with van der Waals surface area (Å²) in [6, 6.07) is 11.1. The molecule has 9 heteroatoms. The van der Waals surface area contributed by atoms with E-state index in [-0.39, 0.29) is 12.5 Å². The third kappa shape index (κ3) is 4.36. The molecule has 0 spiro atoms. The number of rotatable bonds is 6. The van der Waals surface area contributed by atoms with Gasteiger partial charge in [0.1, 0.15) is 11.2 Å². The molecule has 0 aliphatic carbocycles. The largest absolute Gasteiger partial charge is 0.394 e. The van der Waals surface area contributed by atoms with E-state index in [0.29, 0.717) is 28.6 Å². The first-order chi connectivity index (χ1) is 14.9. The molecule has 0 atom stereocenters. The quantitative estimate of drug-likeness (QED) is 0.441. The Bertz CT molecular complexity index is 1250. The molecule has 158 valence electrons. The number of nitrogens with one attached hydrogen (secondary N) is 2. The SMILES string of the molecule is Cc1cccc(-c2nc(Nc3ccncc3C(=O)NC(C)(C)CO)c3cccn3n2)n1. The van der Waals surface area contributed by atoms with Crippen molar-refractivity contribution >= 4 is 22.9 Å². The van der Waals surface area contributed by atoms with Crippen LogP contribution in [0, 0.1) is 6.92 Å². The van der Waals surface area contributed by atoms with Gasteiger partial charge in [0.2, 0.25) is 5.82 Å². The molecule has 1 amide bonds. The zero-order valence-corrected chi connectivity index (χ0v) is 17.5. The van der Waals surface area contributed by atoms with Gasteiger partial charge in [-0.05, 0) is 51.1 Å². The molecule has 0 fully saturated rings. The van der Waals surface area contributed by atoms with Gasteiger partial charge >= 0.3 is 0 Å². The van der Waals surface area contributed by atoms with Crippen LogP contribution in [0.4, 0.5) is 11.5 Å². The van der Waals surface area contributed by atoms with E-state index in [4.69, 9.17) is 0 Å². The monoisotopic (exact) mass is 417 g/mol. The summed E-state index contributed by atoms with van der Waals surface area (Å²) in [5.41, 5.74) is 2.36. The minimum atomic E-state index is -0.766. The van der Waals surface area contributed by atoms with Gasteiger partial charge in [0.05, 0.1) is 23.4 Å². The number of carbonyl (C=O) groups is 1. The molecule has 0 unspecified atom stereocenters. The van der Waals surface area contributed by atoms with Crippen molar-refractivity contribution in [3.63, 3.8) is 0 Å². The van der Waals surface area contributed by atoms with E-state index < -0.39 is 5.54 Å². The first-order valence-electron chi connectivity index (χ1n) is 9.80. The summed E-state index contributed by atoms with van der Waals surface area (Å²) < 4.78 is 1.71. The van der Waals surface area contributed by atoms with E-state index in [9.17, 15) is 9.90 Å². The molecule has 4 heterocycles. The highest BCUT2D eigenvalue weighted by Crippen LogP contribution is 2.25. The zero-order valence-electron chi connectivity index (χ0n) is 17.5. The minimum absolute atomic E-state index is 0.189. The van der Waals surface area contributed by atoms with Gasteiger partial charge in [-0.2, -0.15) is 0 Å². The van der Waals surface area contributed by atoms with Crippen molar-refractivity contribution in [1.29, 1.82) is 0 Å². The lowest BCUT2D eigenvalue weighted by atomic mass is 10.1. The first kappa shape index (κ1) is 20.4. The van der Waals surface area contributed by atoms with E-state index in [2.05, 4.69) is 30.7 Å². The van der Waals surface area contributed by atoms with Crippen LogP contribution in [-0.2, 0) is 0 Å². The third-order valence-electron chi connectivity index (χ3n) is 4.67. The number of hydrogen-bond donors (Lipinski definition) is 3. The Morgan fingerprint density at radius 2 is 2.00 bits per heavy atom. The van der Waals surface area contributed by atoms with E-state index >= 15 is 0 Å². The van der Waals surface area contributed by atoms with Gasteiger partial charge in [0.15, 0.2) is 5.82 Å². The molecule has 0 saturated carbocycles. The van der Waals surface area contributed by atoms with Crippen LogP contribution in [0.25, 0.3) is 17.0 Å². The topological polar surface area (TPSA) is 117 Å². The number of aliphatic hydroxyl groups is 1. The zero-order chi connectivity index (χ0) is 22.0. The van der Waals surface area contributed by atoms with Gasteiger partial charge in [-0.1, -0.05) is 6.07 Å². The maximum atomic E-state index is 12.8. The third-order valence-corrected chi connectivity index (χ3v) is 4.67. The van der Waals surface area contributed by atoms with Crippen LogP contribution >= 0.6 is 0 Å². The number of amides is 1. The van der Waals surface area contributed by atoms with Gasteiger partial charge in [0.25, 0.3) is 5.91 Å². The number of aliphatic hydroxyl groups excluding tert-OH is 1. The Balaban J connectivity index is 1.74. The Morgan fingerprint density at radius 3 is 2.77 bits per heavy atom. The lowest BCUT2D eigenvalue weighted by molar-refractivity contribution is 0.0870. The number of aromatic nitrogens is 5. The normalized spacial score (nSPS) is 11.5. The van der Waals surface area contributed by atoms with Gasteiger partial charge in [-0.15, -0.1) is 5.10 Å². The van der Waals surface area contributed by atoms with E-state index in [1.807, 2.05) is 43.5 Å². The summed E-state index contributed by atoms with van der Waals surface area (Å²) in [6.45, 7) is 5.20. The maximum absolute atomic E-state index is 12.8. The van der Waals surface area contributed by atoms with Crippen molar-refractivity contribution in [3.8, 4) is 11.5 Å². The second-order valence-corrected chi connectivity index (χ2v) is 7.83. The van der Waals surface area contributed by atoms with Crippen molar-refractivity contribution in [2.45, 2.75) is 26.3 Å². The van der Waals surface area contributed by atoms with Crippen LogP contribution in [0.15, 0.2) is 55.0 Å². The molecule has 0 bridgehead atoms. The summed E-state index contributed by atoms with van der Waals surface area (Å²) in [7, 11) is 0. The van der Waals surface area contributed by atoms with E-state index in [1.165, 1.54) is 6.20 Å². The number of anilines is 2. The molecule has 9 nitrogen and oxygen atoms in total. The smallest absolute Gasteiger partial charge is 0.255 e. The number of pyridine rings is 2. The molecular weight excluding hydrogens is 394 g/mol. The highest BCUT2D eigenvalue weighted by atomic mass is 16.3. The van der Waals surface area contributed by atoms with Crippen LogP contribution in [0.3, 0.4) is 0 Å². The average Bonchev–Trinajstić information content (AvgIpc) is 3.23. The lowest BCUT2D eigenvalue weighted by Crippen LogP contribution is -2.46. The van der Waals surface area contributed by atoms with Crippen molar-refractivity contribution in [2.75, 3.05) is 11.9 Å². The van der Waals surface area contributed by atoms with Crippen molar-refractivity contribution in [1.82, 2.24) is 29.9 Å². The van der Waals surface area contributed by atoms with Crippen LogP contribution in [0.2, 0.25) is 0 Å². The molecule has 0 radical (unpaired) electrons. The van der Waals surface area contributed by atoms with Crippen molar-refractivity contribution in [2.24, 2.45) is 0 Å². The second kappa shape index (κ2) is 8.11.